The third-order valence-electron chi connectivity index (χ3n) is 2.26. The Kier molecular flexibility index (Phi) is 4.12. The van der Waals surface area contributed by atoms with Crippen molar-refractivity contribution in [2.24, 2.45) is 0 Å². The molecule has 1 aromatic rings. The van der Waals surface area contributed by atoms with Crippen molar-refractivity contribution in [1.82, 2.24) is 0 Å². The smallest absolute Gasteiger partial charge is 0.395 e. The highest BCUT2D eigenvalue weighted by molar-refractivity contribution is 5.30. The minimum atomic E-state index is -4.34. The van der Waals surface area contributed by atoms with E-state index in [2.05, 4.69) is 0 Å². The van der Waals surface area contributed by atoms with Gasteiger partial charge in [-0.3, -0.25) is 0 Å². The lowest BCUT2D eigenvalue weighted by Gasteiger charge is -2.13. The lowest BCUT2D eigenvalue weighted by Crippen LogP contribution is -2.07. The first-order valence-electron chi connectivity index (χ1n) is 4.90. The zero-order valence-corrected chi connectivity index (χ0v) is 8.83. The fraction of sp³-hybridized carbons (Fsp3) is 0.333. The molecule has 0 unspecified atom stereocenters. The SMILES string of the molecule is C/C=C\[C@H](CO)c1cccc(C(F)(F)F)c1. The van der Waals surface area contributed by atoms with Crippen molar-refractivity contribution in [1.29, 1.82) is 0 Å². The van der Waals surface area contributed by atoms with Gasteiger partial charge in [0.15, 0.2) is 0 Å². The standard InChI is InChI=1S/C12H13F3O/c1-2-4-10(8-16)9-5-3-6-11(7-9)12(13,14)15/h2-7,10,16H,8H2,1H3/b4-2-/t10-/m1/s1. The Bertz CT molecular complexity index is 369. The molecule has 1 N–H and O–H groups in total. The van der Waals surface area contributed by atoms with Crippen molar-refractivity contribution in [3.63, 3.8) is 0 Å². The van der Waals surface area contributed by atoms with Gasteiger partial charge in [-0.15, -0.1) is 0 Å². The van der Waals surface area contributed by atoms with Gasteiger partial charge in [-0.1, -0.05) is 30.4 Å². The molecule has 0 amide bonds. The van der Waals surface area contributed by atoms with Gasteiger partial charge in [0, 0.05) is 5.92 Å². The molecule has 0 aliphatic heterocycles. The van der Waals surface area contributed by atoms with Gasteiger partial charge in [0.05, 0.1) is 12.2 Å². The van der Waals surface area contributed by atoms with E-state index in [1.54, 1.807) is 25.1 Å². The topological polar surface area (TPSA) is 20.2 Å². The average molecular weight is 230 g/mol. The summed E-state index contributed by atoms with van der Waals surface area (Å²) in [6.07, 6.45) is -0.956. The molecule has 4 heteroatoms. The molecule has 1 atom stereocenters. The highest BCUT2D eigenvalue weighted by Gasteiger charge is 2.30. The summed E-state index contributed by atoms with van der Waals surface area (Å²) in [5.41, 5.74) is -0.219. The van der Waals surface area contributed by atoms with Gasteiger partial charge in [0.1, 0.15) is 0 Å². The van der Waals surface area contributed by atoms with E-state index in [0.717, 1.165) is 12.1 Å². The van der Waals surface area contributed by atoms with Crippen LogP contribution in [0.15, 0.2) is 36.4 Å². The summed E-state index contributed by atoms with van der Waals surface area (Å²) in [6.45, 7) is 1.56. The maximum Gasteiger partial charge on any atom is 0.416 e. The van der Waals surface area contributed by atoms with E-state index >= 15 is 0 Å². The number of aliphatic hydroxyl groups excluding tert-OH is 1. The van der Waals surface area contributed by atoms with E-state index in [1.807, 2.05) is 0 Å². The highest BCUT2D eigenvalue weighted by atomic mass is 19.4. The molecule has 0 heterocycles. The molecule has 0 saturated heterocycles. The predicted octanol–water partition coefficient (Wildman–Crippen LogP) is 3.36. The van der Waals surface area contributed by atoms with Crippen LogP contribution in [0, 0.1) is 0 Å². The number of benzene rings is 1. The molecular weight excluding hydrogens is 217 g/mol. The number of hydrogen-bond acceptors (Lipinski definition) is 1. The third-order valence-corrected chi connectivity index (χ3v) is 2.26. The summed E-state index contributed by atoms with van der Waals surface area (Å²) in [6, 6.07) is 5.02. The number of halogens is 3. The van der Waals surface area contributed by atoms with E-state index in [-0.39, 0.29) is 12.5 Å². The summed E-state index contributed by atoms with van der Waals surface area (Å²) in [5.74, 6) is -0.382. The van der Waals surface area contributed by atoms with Crippen molar-refractivity contribution >= 4 is 0 Å². The van der Waals surface area contributed by atoms with Crippen LogP contribution in [0.1, 0.15) is 24.0 Å². The molecule has 0 radical (unpaired) electrons. The molecule has 1 nitrogen and oxygen atoms in total. The second-order valence-corrected chi connectivity index (χ2v) is 3.44. The Morgan fingerprint density at radius 2 is 2.06 bits per heavy atom. The summed E-state index contributed by atoms with van der Waals surface area (Å²) in [7, 11) is 0. The summed E-state index contributed by atoms with van der Waals surface area (Å²) in [5, 5.41) is 9.07. The van der Waals surface area contributed by atoms with E-state index in [0.29, 0.717) is 5.56 Å². The Morgan fingerprint density at radius 3 is 2.56 bits per heavy atom. The fourth-order valence-electron chi connectivity index (χ4n) is 1.46. The molecule has 0 aromatic heterocycles. The van der Waals surface area contributed by atoms with Crippen molar-refractivity contribution < 1.29 is 18.3 Å². The third kappa shape index (κ3) is 3.10. The van der Waals surface area contributed by atoms with Crippen molar-refractivity contribution in [2.75, 3.05) is 6.61 Å². The second-order valence-electron chi connectivity index (χ2n) is 3.44. The molecule has 0 bridgehead atoms. The first-order valence-corrected chi connectivity index (χ1v) is 4.90. The van der Waals surface area contributed by atoms with E-state index in [9.17, 15) is 13.2 Å². The van der Waals surface area contributed by atoms with Gasteiger partial charge in [-0.25, -0.2) is 0 Å². The van der Waals surface area contributed by atoms with Crippen LogP contribution in [0.3, 0.4) is 0 Å². The minimum absolute atomic E-state index is 0.203. The Labute approximate surface area is 92.2 Å². The number of rotatable bonds is 3. The Morgan fingerprint density at radius 1 is 1.38 bits per heavy atom. The number of allylic oxidation sites excluding steroid dienone is 1. The molecular formula is C12H13F3O. The lowest BCUT2D eigenvalue weighted by molar-refractivity contribution is -0.137. The van der Waals surface area contributed by atoms with E-state index < -0.39 is 11.7 Å². The summed E-state index contributed by atoms with van der Waals surface area (Å²) in [4.78, 5) is 0. The molecule has 16 heavy (non-hydrogen) atoms. The monoisotopic (exact) mass is 230 g/mol. The van der Waals surface area contributed by atoms with E-state index in [1.165, 1.54) is 6.07 Å². The van der Waals surface area contributed by atoms with Gasteiger partial charge < -0.3 is 5.11 Å². The summed E-state index contributed by atoms with van der Waals surface area (Å²) >= 11 is 0. The normalized spacial score (nSPS) is 14.3. The second kappa shape index (κ2) is 5.16. The number of alkyl halides is 3. The predicted molar refractivity (Wildman–Crippen MR) is 56.1 cm³/mol. The van der Waals surface area contributed by atoms with Crippen LogP contribution in [-0.2, 0) is 6.18 Å². The maximum atomic E-state index is 12.4. The van der Waals surface area contributed by atoms with Crippen LogP contribution < -0.4 is 0 Å². The van der Waals surface area contributed by atoms with E-state index in [4.69, 9.17) is 5.11 Å². The van der Waals surface area contributed by atoms with Crippen LogP contribution >= 0.6 is 0 Å². The van der Waals surface area contributed by atoms with Gasteiger partial charge >= 0.3 is 6.18 Å². The van der Waals surface area contributed by atoms with Gasteiger partial charge in [0.25, 0.3) is 0 Å². The van der Waals surface area contributed by atoms with Crippen molar-refractivity contribution in [3.05, 3.63) is 47.5 Å². The maximum absolute atomic E-state index is 12.4. The molecule has 1 aromatic carbocycles. The molecule has 0 aliphatic carbocycles. The van der Waals surface area contributed by atoms with Crippen LogP contribution in [0.5, 0.6) is 0 Å². The molecule has 1 rings (SSSR count). The number of hydrogen-bond donors (Lipinski definition) is 1. The molecule has 0 spiro atoms. The van der Waals surface area contributed by atoms with Crippen LogP contribution in [0.25, 0.3) is 0 Å². The molecule has 88 valence electrons. The van der Waals surface area contributed by atoms with Crippen LogP contribution in [0.2, 0.25) is 0 Å². The van der Waals surface area contributed by atoms with Crippen LogP contribution in [-0.4, -0.2) is 11.7 Å². The van der Waals surface area contributed by atoms with Gasteiger partial charge in [-0.2, -0.15) is 13.2 Å². The molecule has 0 fully saturated rings. The van der Waals surface area contributed by atoms with Gasteiger partial charge in [0.2, 0.25) is 0 Å². The van der Waals surface area contributed by atoms with Crippen LogP contribution in [0.4, 0.5) is 13.2 Å². The average Bonchev–Trinajstić information content (AvgIpc) is 2.25. The first-order chi connectivity index (χ1) is 7.49. The quantitative estimate of drug-likeness (QED) is 0.789. The van der Waals surface area contributed by atoms with Crippen molar-refractivity contribution in [3.8, 4) is 0 Å². The summed E-state index contributed by atoms with van der Waals surface area (Å²) < 4.78 is 37.3. The largest absolute Gasteiger partial charge is 0.416 e. The Balaban J connectivity index is 3.06. The first kappa shape index (κ1) is 12.8. The molecule has 0 saturated carbocycles. The number of aliphatic hydroxyl groups is 1. The molecule has 0 aliphatic rings. The minimum Gasteiger partial charge on any atom is -0.395 e. The Hall–Kier alpha value is -1.29. The zero-order valence-electron chi connectivity index (χ0n) is 8.83. The highest BCUT2D eigenvalue weighted by Crippen LogP contribution is 2.31. The fourth-order valence-corrected chi connectivity index (χ4v) is 1.46. The zero-order chi connectivity index (χ0) is 12.2. The lowest BCUT2D eigenvalue weighted by atomic mass is 9.97. The van der Waals surface area contributed by atoms with Crippen molar-refractivity contribution in [2.45, 2.75) is 19.0 Å². The van der Waals surface area contributed by atoms with Gasteiger partial charge in [-0.05, 0) is 18.6 Å².